The van der Waals surface area contributed by atoms with Crippen molar-refractivity contribution >= 4 is 11.8 Å². The number of amides is 2. The zero-order chi connectivity index (χ0) is 15.8. The molecular weight excluding hydrogens is 276 g/mol. The Morgan fingerprint density at radius 3 is 1.68 bits per heavy atom. The molecule has 2 rings (SSSR count). The molecule has 0 aliphatic rings. The molecule has 4 nitrogen and oxygen atoms in total. The van der Waals surface area contributed by atoms with Crippen LogP contribution in [0, 0.1) is 0 Å². The van der Waals surface area contributed by atoms with E-state index in [-0.39, 0.29) is 5.91 Å². The van der Waals surface area contributed by atoms with Crippen LogP contribution in [-0.2, 0) is 22.7 Å². The van der Waals surface area contributed by atoms with Gasteiger partial charge >= 0.3 is 0 Å². The number of carbonyl (C=O) groups excluding carboxylic acids is 2. The molecule has 0 aromatic heterocycles. The molecule has 0 bridgehead atoms. The first-order chi connectivity index (χ1) is 10.6. The number of benzene rings is 2. The van der Waals surface area contributed by atoms with Crippen molar-refractivity contribution in [3.05, 3.63) is 83.9 Å². The van der Waals surface area contributed by atoms with Gasteiger partial charge in [0.25, 0.3) is 0 Å². The molecule has 2 amide bonds. The summed E-state index contributed by atoms with van der Waals surface area (Å²) in [5, 5.41) is 0. The number of rotatable bonds is 6. The van der Waals surface area contributed by atoms with E-state index < -0.39 is 5.91 Å². The van der Waals surface area contributed by atoms with Crippen molar-refractivity contribution in [1.82, 2.24) is 4.90 Å². The van der Waals surface area contributed by atoms with Gasteiger partial charge in [0.1, 0.15) is 0 Å². The normalized spacial score (nSPS) is 10.5. The number of primary amides is 1. The van der Waals surface area contributed by atoms with Crippen molar-refractivity contribution < 1.29 is 9.59 Å². The smallest absolute Gasteiger partial charge is 0.247 e. The minimum atomic E-state index is -0.632. The van der Waals surface area contributed by atoms with Gasteiger partial charge < -0.3 is 10.6 Å². The van der Waals surface area contributed by atoms with Crippen molar-refractivity contribution in [1.29, 1.82) is 0 Å². The Hall–Kier alpha value is -2.88. The summed E-state index contributed by atoms with van der Waals surface area (Å²) in [6.07, 6.45) is 2.31. The van der Waals surface area contributed by atoms with E-state index in [1.54, 1.807) is 4.90 Å². The van der Waals surface area contributed by atoms with Crippen LogP contribution in [0.1, 0.15) is 11.1 Å². The van der Waals surface area contributed by atoms with Crippen LogP contribution in [0.25, 0.3) is 0 Å². The van der Waals surface area contributed by atoms with Crippen LogP contribution < -0.4 is 5.73 Å². The second-order valence-corrected chi connectivity index (χ2v) is 4.90. The van der Waals surface area contributed by atoms with E-state index in [1.165, 1.54) is 6.08 Å². The molecule has 0 heterocycles. The lowest BCUT2D eigenvalue weighted by atomic mass is 10.1. The molecular formula is C18H18N2O2. The van der Waals surface area contributed by atoms with Gasteiger partial charge in [0.05, 0.1) is 0 Å². The van der Waals surface area contributed by atoms with Gasteiger partial charge in [-0.2, -0.15) is 0 Å². The average Bonchev–Trinajstić information content (AvgIpc) is 2.54. The molecule has 0 saturated carbocycles. The molecule has 0 radical (unpaired) electrons. The molecule has 4 heteroatoms. The molecule has 0 aliphatic heterocycles. The maximum Gasteiger partial charge on any atom is 0.247 e. The van der Waals surface area contributed by atoms with Gasteiger partial charge in [-0.15, -0.1) is 0 Å². The Morgan fingerprint density at radius 1 is 0.818 bits per heavy atom. The van der Waals surface area contributed by atoms with Gasteiger partial charge in [-0.05, 0) is 11.1 Å². The van der Waals surface area contributed by atoms with E-state index >= 15 is 0 Å². The zero-order valence-electron chi connectivity index (χ0n) is 12.2. The first-order valence-corrected chi connectivity index (χ1v) is 6.99. The van der Waals surface area contributed by atoms with E-state index in [1.807, 2.05) is 60.7 Å². The molecule has 0 unspecified atom stereocenters. The van der Waals surface area contributed by atoms with Crippen molar-refractivity contribution in [3.8, 4) is 0 Å². The molecule has 2 N–H and O–H groups in total. The summed E-state index contributed by atoms with van der Waals surface area (Å²) in [6.45, 7) is 0.940. The third-order valence-electron chi connectivity index (χ3n) is 3.13. The molecule has 112 valence electrons. The van der Waals surface area contributed by atoms with E-state index in [9.17, 15) is 9.59 Å². The van der Waals surface area contributed by atoms with Gasteiger partial charge in [-0.3, -0.25) is 9.59 Å². The largest absolute Gasteiger partial charge is 0.366 e. The number of nitrogens with zero attached hydrogens (tertiary/aromatic N) is 1. The highest BCUT2D eigenvalue weighted by Gasteiger charge is 2.12. The predicted octanol–water partition coefficient (Wildman–Crippen LogP) is 2.26. The van der Waals surface area contributed by atoms with Crippen molar-refractivity contribution in [2.75, 3.05) is 0 Å². The fraction of sp³-hybridized carbons (Fsp3) is 0.111. The molecule has 0 fully saturated rings. The minimum absolute atomic E-state index is 0.244. The third-order valence-corrected chi connectivity index (χ3v) is 3.13. The van der Waals surface area contributed by atoms with Crippen LogP contribution in [0.4, 0.5) is 0 Å². The molecule has 0 saturated heterocycles. The molecule has 0 spiro atoms. The van der Waals surface area contributed by atoms with Gasteiger partial charge in [0.2, 0.25) is 11.8 Å². The lowest BCUT2D eigenvalue weighted by molar-refractivity contribution is -0.127. The Morgan fingerprint density at radius 2 is 1.27 bits per heavy atom. The van der Waals surface area contributed by atoms with Crippen molar-refractivity contribution in [2.24, 2.45) is 5.73 Å². The molecule has 0 aliphatic carbocycles. The van der Waals surface area contributed by atoms with Gasteiger partial charge in [-0.1, -0.05) is 60.7 Å². The van der Waals surface area contributed by atoms with Crippen LogP contribution in [-0.4, -0.2) is 16.7 Å². The number of hydrogen-bond donors (Lipinski definition) is 1. The summed E-state index contributed by atoms with van der Waals surface area (Å²) in [5.41, 5.74) is 7.10. The first kappa shape index (κ1) is 15.5. The maximum absolute atomic E-state index is 12.3. The topological polar surface area (TPSA) is 63.4 Å². The summed E-state index contributed by atoms with van der Waals surface area (Å²) >= 11 is 0. The SMILES string of the molecule is NC(=O)/C=C\C(=O)N(Cc1ccccc1)Cc1ccccc1. The second-order valence-electron chi connectivity index (χ2n) is 4.90. The van der Waals surface area contributed by atoms with E-state index in [0.717, 1.165) is 17.2 Å². The van der Waals surface area contributed by atoms with Crippen LogP contribution in [0.15, 0.2) is 72.8 Å². The standard InChI is InChI=1S/C18H18N2O2/c19-17(21)11-12-18(22)20(13-15-7-3-1-4-8-15)14-16-9-5-2-6-10-16/h1-12H,13-14H2,(H2,19,21)/b12-11-. The van der Waals surface area contributed by atoms with Crippen LogP contribution in [0.5, 0.6) is 0 Å². The highest BCUT2D eigenvalue weighted by atomic mass is 16.2. The van der Waals surface area contributed by atoms with Gasteiger partial charge in [0, 0.05) is 25.2 Å². The highest BCUT2D eigenvalue weighted by molar-refractivity contribution is 5.95. The third kappa shape index (κ3) is 4.90. The predicted molar refractivity (Wildman–Crippen MR) is 85.5 cm³/mol. The fourth-order valence-corrected chi connectivity index (χ4v) is 2.08. The van der Waals surface area contributed by atoms with Crippen molar-refractivity contribution in [2.45, 2.75) is 13.1 Å². The molecule has 0 atom stereocenters. The molecule has 2 aromatic carbocycles. The monoisotopic (exact) mass is 294 g/mol. The number of carbonyl (C=O) groups is 2. The first-order valence-electron chi connectivity index (χ1n) is 6.99. The molecule has 22 heavy (non-hydrogen) atoms. The Balaban J connectivity index is 2.16. The summed E-state index contributed by atoms with van der Waals surface area (Å²) in [5.74, 6) is -0.876. The summed E-state index contributed by atoms with van der Waals surface area (Å²) in [7, 11) is 0. The number of nitrogens with two attached hydrogens (primary N) is 1. The lowest BCUT2D eigenvalue weighted by Crippen LogP contribution is -2.28. The summed E-state index contributed by atoms with van der Waals surface area (Å²) < 4.78 is 0. The fourth-order valence-electron chi connectivity index (χ4n) is 2.08. The number of hydrogen-bond acceptors (Lipinski definition) is 2. The lowest BCUT2D eigenvalue weighted by Gasteiger charge is -2.21. The van der Waals surface area contributed by atoms with Crippen LogP contribution in [0.2, 0.25) is 0 Å². The summed E-state index contributed by atoms with van der Waals surface area (Å²) in [4.78, 5) is 24.8. The van der Waals surface area contributed by atoms with E-state index in [0.29, 0.717) is 13.1 Å². The minimum Gasteiger partial charge on any atom is -0.366 e. The maximum atomic E-state index is 12.3. The van der Waals surface area contributed by atoms with Crippen LogP contribution >= 0.6 is 0 Å². The second kappa shape index (κ2) is 7.78. The van der Waals surface area contributed by atoms with E-state index in [4.69, 9.17) is 5.73 Å². The Labute approximate surface area is 129 Å². The van der Waals surface area contributed by atoms with Crippen molar-refractivity contribution in [3.63, 3.8) is 0 Å². The zero-order valence-corrected chi connectivity index (χ0v) is 12.2. The highest BCUT2D eigenvalue weighted by Crippen LogP contribution is 2.10. The quantitative estimate of drug-likeness (QED) is 0.831. The van der Waals surface area contributed by atoms with Gasteiger partial charge in [-0.25, -0.2) is 0 Å². The Kier molecular flexibility index (Phi) is 5.49. The average molecular weight is 294 g/mol. The van der Waals surface area contributed by atoms with Gasteiger partial charge in [0.15, 0.2) is 0 Å². The Bertz CT molecular complexity index is 610. The summed E-state index contributed by atoms with van der Waals surface area (Å²) in [6, 6.07) is 19.4. The van der Waals surface area contributed by atoms with E-state index in [2.05, 4.69) is 0 Å². The molecule has 2 aromatic rings. The van der Waals surface area contributed by atoms with Crippen LogP contribution in [0.3, 0.4) is 0 Å².